The lowest BCUT2D eigenvalue weighted by molar-refractivity contribution is -0.136. The number of nitrogens with zero attached hydrogens (tertiary/aromatic N) is 1. The van der Waals surface area contributed by atoms with Gasteiger partial charge in [-0.25, -0.2) is 9.59 Å². The summed E-state index contributed by atoms with van der Waals surface area (Å²) in [6.07, 6.45) is 0.444. The van der Waals surface area contributed by atoms with Crippen LogP contribution in [0.2, 0.25) is 0 Å². The smallest absolute Gasteiger partial charge is 0.337 e. The minimum Gasteiger partial charge on any atom is -0.490 e. The van der Waals surface area contributed by atoms with E-state index in [1.54, 1.807) is 31.3 Å². The second-order valence-electron chi connectivity index (χ2n) is 9.52. The molecular formula is C31H32BrIN4O7. The molecule has 0 aliphatic carbocycles. The quantitative estimate of drug-likeness (QED) is 0.0615. The number of rotatable bonds is 13. The SMILES string of the molecule is CCOc1cc([C@@H]2NC(=O)NC(C)=C2C(=O)OC)ccc1OC[C@H](O)N/N=C\c1ccc(OCc2ccc(I)cc2)c(Br)c1. The number of methoxy groups -OCH3 is 1. The first-order valence-corrected chi connectivity index (χ1v) is 15.4. The summed E-state index contributed by atoms with van der Waals surface area (Å²) in [5.74, 6) is 0.881. The molecular weight excluding hydrogens is 747 g/mol. The Kier molecular flexibility index (Phi) is 11.9. The zero-order valence-electron chi connectivity index (χ0n) is 24.2. The third kappa shape index (κ3) is 8.86. The number of halogens is 2. The van der Waals surface area contributed by atoms with Gasteiger partial charge in [0.1, 0.15) is 19.0 Å². The molecule has 1 aliphatic rings. The number of allylic oxidation sites excluding steroid dienone is 1. The minimum atomic E-state index is -1.12. The van der Waals surface area contributed by atoms with Gasteiger partial charge in [0.05, 0.1) is 36.0 Å². The summed E-state index contributed by atoms with van der Waals surface area (Å²) in [5.41, 5.74) is 5.76. The second kappa shape index (κ2) is 15.8. The number of benzene rings is 3. The average Bonchev–Trinajstić information content (AvgIpc) is 3.00. The van der Waals surface area contributed by atoms with Crippen molar-refractivity contribution >= 4 is 56.7 Å². The predicted octanol–water partition coefficient (Wildman–Crippen LogP) is 5.15. The molecule has 1 heterocycles. The number of hydrazone groups is 1. The average molecular weight is 779 g/mol. The van der Waals surface area contributed by atoms with Crippen molar-refractivity contribution in [2.24, 2.45) is 5.10 Å². The standard InChI is InChI=1S/C31H32BrIN4O7/c1-4-42-26-14-21(29-28(30(39)41-3)18(2)35-31(40)36-29)8-12-25(26)44-17-27(38)37-34-15-20-7-11-24(23(32)13-20)43-16-19-5-9-22(33)10-6-19/h5-15,27,29,37-38H,4,16-17H2,1-3H3,(H2,35,36,40)/b34-15-/t27-,29-/m0/s1. The predicted molar refractivity (Wildman–Crippen MR) is 177 cm³/mol. The molecule has 0 fully saturated rings. The Labute approximate surface area is 277 Å². The van der Waals surface area contributed by atoms with Crippen LogP contribution < -0.4 is 30.3 Å². The van der Waals surface area contributed by atoms with Gasteiger partial charge in [0.15, 0.2) is 17.7 Å². The van der Waals surface area contributed by atoms with Crippen LogP contribution in [0.15, 0.2) is 81.5 Å². The Balaban J connectivity index is 1.34. The summed E-state index contributed by atoms with van der Waals surface area (Å²) < 4.78 is 24.3. The number of nitrogens with one attached hydrogen (secondary N) is 3. The van der Waals surface area contributed by atoms with Crippen molar-refractivity contribution in [2.45, 2.75) is 32.7 Å². The van der Waals surface area contributed by atoms with E-state index in [2.05, 4.69) is 59.7 Å². The molecule has 0 spiro atoms. The number of carbonyl (C=O) groups is 2. The molecule has 0 radical (unpaired) electrons. The monoisotopic (exact) mass is 778 g/mol. The normalized spacial score (nSPS) is 15.3. The van der Waals surface area contributed by atoms with Crippen LogP contribution in [-0.2, 0) is 16.1 Å². The molecule has 3 aromatic carbocycles. The van der Waals surface area contributed by atoms with Crippen molar-refractivity contribution in [3.8, 4) is 17.2 Å². The van der Waals surface area contributed by atoms with Gasteiger partial charge in [-0.1, -0.05) is 18.2 Å². The van der Waals surface area contributed by atoms with Gasteiger partial charge in [0, 0.05) is 9.27 Å². The summed E-state index contributed by atoms with van der Waals surface area (Å²) >= 11 is 5.80. The Hall–Kier alpha value is -3.82. The zero-order chi connectivity index (χ0) is 31.6. The molecule has 0 unspecified atom stereocenters. The van der Waals surface area contributed by atoms with Crippen molar-refractivity contribution < 1.29 is 33.6 Å². The van der Waals surface area contributed by atoms with Crippen molar-refractivity contribution in [2.75, 3.05) is 20.3 Å². The fourth-order valence-electron chi connectivity index (χ4n) is 4.28. The highest BCUT2D eigenvalue weighted by atomic mass is 127. The lowest BCUT2D eigenvalue weighted by Crippen LogP contribution is -2.45. The van der Waals surface area contributed by atoms with E-state index in [1.807, 2.05) is 49.4 Å². The molecule has 2 amide bonds. The number of esters is 1. The van der Waals surface area contributed by atoms with Crippen molar-refractivity contribution in [1.82, 2.24) is 16.1 Å². The third-order valence-electron chi connectivity index (χ3n) is 6.37. The van der Waals surface area contributed by atoms with Crippen LogP contribution in [0, 0.1) is 3.57 Å². The van der Waals surface area contributed by atoms with Crippen LogP contribution in [0.4, 0.5) is 4.79 Å². The lowest BCUT2D eigenvalue weighted by Gasteiger charge is -2.28. The number of aliphatic hydroxyl groups is 1. The summed E-state index contributed by atoms with van der Waals surface area (Å²) in [5, 5.41) is 19.9. The molecule has 1 aliphatic heterocycles. The molecule has 2 atom stereocenters. The highest BCUT2D eigenvalue weighted by molar-refractivity contribution is 14.1. The van der Waals surface area contributed by atoms with Gasteiger partial charge in [-0.2, -0.15) is 5.10 Å². The maximum absolute atomic E-state index is 12.4. The molecule has 0 bridgehead atoms. The fourth-order valence-corrected chi connectivity index (χ4v) is 5.15. The molecule has 44 heavy (non-hydrogen) atoms. The van der Waals surface area contributed by atoms with Gasteiger partial charge in [-0.05, 0) is 112 Å². The van der Waals surface area contributed by atoms with Gasteiger partial charge in [0.25, 0.3) is 0 Å². The van der Waals surface area contributed by atoms with E-state index in [0.717, 1.165) is 15.6 Å². The zero-order valence-corrected chi connectivity index (χ0v) is 28.0. The maximum Gasteiger partial charge on any atom is 0.337 e. The van der Waals surface area contributed by atoms with Crippen LogP contribution in [0.25, 0.3) is 0 Å². The van der Waals surface area contributed by atoms with Gasteiger partial charge in [-0.3, -0.25) is 5.43 Å². The first kappa shape index (κ1) is 33.1. The third-order valence-corrected chi connectivity index (χ3v) is 7.71. The summed E-state index contributed by atoms with van der Waals surface area (Å²) in [4.78, 5) is 24.6. The number of carbonyl (C=O) groups excluding carboxylic acids is 2. The van der Waals surface area contributed by atoms with E-state index in [-0.39, 0.29) is 12.2 Å². The fraction of sp³-hybridized carbons (Fsp3) is 0.258. The summed E-state index contributed by atoms with van der Waals surface area (Å²) in [6, 6.07) is 17.5. The number of aliphatic hydroxyl groups excluding tert-OH is 1. The van der Waals surface area contributed by atoms with E-state index >= 15 is 0 Å². The van der Waals surface area contributed by atoms with Crippen LogP contribution in [0.5, 0.6) is 17.2 Å². The molecule has 3 aromatic rings. The first-order chi connectivity index (χ1) is 21.2. The molecule has 0 aromatic heterocycles. The van der Waals surface area contributed by atoms with Crippen LogP contribution in [0.3, 0.4) is 0 Å². The Morgan fingerprint density at radius 3 is 2.55 bits per heavy atom. The molecule has 13 heteroatoms. The van der Waals surface area contributed by atoms with Crippen molar-refractivity contribution in [3.63, 3.8) is 0 Å². The summed E-state index contributed by atoms with van der Waals surface area (Å²) in [7, 11) is 1.28. The van der Waals surface area contributed by atoms with Crippen LogP contribution in [-0.4, -0.2) is 49.9 Å². The Morgan fingerprint density at radius 2 is 1.84 bits per heavy atom. The van der Waals surface area contributed by atoms with Crippen molar-refractivity contribution in [1.29, 1.82) is 0 Å². The summed E-state index contributed by atoms with van der Waals surface area (Å²) in [6.45, 7) is 4.10. The Bertz CT molecular complexity index is 1550. The van der Waals surface area contributed by atoms with E-state index in [1.165, 1.54) is 10.7 Å². The van der Waals surface area contributed by atoms with Gasteiger partial charge >= 0.3 is 12.0 Å². The molecule has 4 N–H and O–H groups in total. The highest BCUT2D eigenvalue weighted by Gasteiger charge is 2.32. The number of urea groups is 1. The molecule has 4 rings (SSSR count). The van der Waals surface area contributed by atoms with Crippen LogP contribution >= 0.6 is 38.5 Å². The second-order valence-corrected chi connectivity index (χ2v) is 11.6. The molecule has 11 nitrogen and oxygen atoms in total. The largest absolute Gasteiger partial charge is 0.490 e. The molecule has 232 valence electrons. The number of ether oxygens (including phenoxy) is 4. The van der Waals surface area contributed by atoms with E-state index in [9.17, 15) is 14.7 Å². The minimum absolute atomic E-state index is 0.137. The maximum atomic E-state index is 12.4. The van der Waals surface area contributed by atoms with Crippen LogP contribution in [0.1, 0.15) is 36.6 Å². The van der Waals surface area contributed by atoms with Gasteiger partial charge in [-0.15, -0.1) is 0 Å². The number of hydrogen-bond donors (Lipinski definition) is 4. The first-order valence-electron chi connectivity index (χ1n) is 13.6. The number of amides is 2. The lowest BCUT2D eigenvalue weighted by atomic mass is 9.95. The van der Waals surface area contributed by atoms with E-state index < -0.39 is 24.3 Å². The topological polar surface area (TPSA) is 140 Å². The highest BCUT2D eigenvalue weighted by Crippen LogP contribution is 2.35. The van der Waals surface area contributed by atoms with E-state index in [4.69, 9.17) is 18.9 Å². The van der Waals surface area contributed by atoms with Crippen molar-refractivity contribution in [3.05, 3.63) is 96.7 Å². The number of hydrogen-bond acceptors (Lipinski definition) is 9. The van der Waals surface area contributed by atoms with Gasteiger partial charge in [0.2, 0.25) is 0 Å². The molecule has 0 saturated carbocycles. The van der Waals surface area contributed by atoms with Gasteiger partial charge < -0.3 is 34.7 Å². The Morgan fingerprint density at radius 1 is 1.09 bits per heavy atom. The molecule has 0 saturated heterocycles. The van der Waals surface area contributed by atoms with E-state index in [0.29, 0.717) is 41.7 Å².